The molecule has 1 aliphatic carbocycles. The number of anilines is 1. The fourth-order valence-corrected chi connectivity index (χ4v) is 4.10. The monoisotopic (exact) mass is 221 g/mol. The van der Waals surface area contributed by atoms with Gasteiger partial charge in [-0.3, -0.25) is 0 Å². The largest absolute Gasteiger partial charge is 0.508 e. The second-order valence-electron chi connectivity index (χ2n) is 4.53. The Labute approximate surface area is 94.1 Å². The van der Waals surface area contributed by atoms with Gasteiger partial charge in [0.15, 0.2) is 0 Å². The van der Waals surface area contributed by atoms with E-state index < -0.39 is 0 Å². The average Bonchev–Trinajstić information content (AvgIpc) is 2.66. The van der Waals surface area contributed by atoms with E-state index in [-0.39, 0.29) is 0 Å². The van der Waals surface area contributed by atoms with Crippen molar-refractivity contribution < 1.29 is 5.11 Å². The number of thioether (sulfide) groups is 1. The van der Waals surface area contributed by atoms with E-state index in [1.807, 2.05) is 23.9 Å². The smallest absolute Gasteiger partial charge is 0.116 e. The van der Waals surface area contributed by atoms with Crippen molar-refractivity contribution in [1.82, 2.24) is 0 Å². The number of fused-ring (bicyclic) bond motifs is 1. The van der Waals surface area contributed by atoms with E-state index in [0.29, 0.717) is 10.5 Å². The van der Waals surface area contributed by atoms with Crippen molar-refractivity contribution in [2.45, 2.75) is 35.3 Å². The SMILES string of the molecule is Oc1ccc2c(c1)SC1(CCCC1)CN2. The zero-order chi connectivity index (χ0) is 10.3. The van der Waals surface area contributed by atoms with Crippen LogP contribution in [0.4, 0.5) is 5.69 Å². The number of aromatic hydroxyl groups is 1. The van der Waals surface area contributed by atoms with Gasteiger partial charge < -0.3 is 10.4 Å². The molecule has 3 heteroatoms. The molecule has 3 rings (SSSR count). The molecule has 0 amide bonds. The number of phenols is 1. The van der Waals surface area contributed by atoms with Crippen LogP contribution >= 0.6 is 11.8 Å². The molecule has 0 aromatic heterocycles. The molecule has 1 saturated carbocycles. The summed E-state index contributed by atoms with van der Waals surface area (Å²) in [5.41, 5.74) is 1.18. The Morgan fingerprint density at radius 1 is 1.27 bits per heavy atom. The van der Waals surface area contributed by atoms with Crippen LogP contribution in [0.2, 0.25) is 0 Å². The highest BCUT2D eigenvalue weighted by molar-refractivity contribution is 8.01. The van der Waals surface area contributed by atoms with Gasteiger partial charge in [-0.25, -0.2) is 0 Å². The summed E-state index contributed by atoms with van der Waals surface area (Å²) >= 11 is 1.96. The van der Waals surface area contributed by atoms with E-state index in [0.717, 1.165) is 6.54 Å². The Hall–Kier alpha value is -0.830. The van der Waals surface area contributed by atoms with E-state index in [2.05, 4.69) is 5.32 Å². The van der Waals surface area contributed by atoms with Gasteiger partial charge in [-0.1, -0.05) is 12.8 Å². The number of benzene rings is 1. The predicted molar refractivity (Wildman–Crippen MR) is 63.7 cm³/mol. The molecule has 2 N–H and O–H groups in total. The summed E-state index contributed by atoms with van der Waals surface area (Å²) in [7, 11) is 0. The highest BCUT2D eigenvalue weighted by Crippen LogP contribution is 2.50. The first-order valence-corrected chi connectivity index (χ1v) is 6.35. The van der Waals surface area contributed by atoms with Crippen LogP contribution in [0.15, 0.2) is 23.1 Å². The fraction of sp³-hybridized carbons (Fsp3) is 0.500. The quantitative estimate of drug-likeness (QED) is 0.660. The minimum Gasteiger partial charge on any atom is -0.508 e. The van der Waals surface area contributed by atoms with E-state index in [4.69, 9.17) is 0 Å². The molecule has 0 atom stereocenters. The molecule has 1 fully saturated rings. The summed E-state index contributed by atoms with van der Waals surface area (Å²) in [6, 6.07) is 5.60. The van der Waals surface area contributed by atoms with Crippen molar-refractivity contribution in [2.75, 3.05) is 11.9 Å². The second kappa shape index (κ2) is 3.34. The first-order chi connectivity index (χ1) is 7.27. The molecule has 1 aromatic carbocycles. The second-order valence-corrected chi connectivity index (χ2v) is 6.04. The summed E-state index contributed by atoms with van der Waals surface area (Å²) in [5, 5.41) is 13.0. The van der Waals surface area contributed by atoms with Gasteiger partial charge in [0.2, 0.25) is 0 Å². The molecule has 2 aliphatic rings. The van der Waals surface area contributed by atoms with Crippen LogP contribution in [0.5, 0.6) is 5.75 Å². The lowest BCUT2D eigenvalue weighted by Gasteiger charge is -2.34. The van der Waals surface area contributed by atoms with Crippen molar-refractivity contribution in [2.24, 2.45) is 0 Å². The molecule has 0 unspecified atom stereocenters. The van der Waals surface area contributed by atoms with Gasteiger partial charge in [-0.2, -0.15) is 0 Å². The standard InChI is InChI=1S/C12H15NOS/c14-9-3-4-10-11(7-9)15-12(8-13-10)5-1-2-6-12/h3-4,7,13-14H,1-2,5-6,8H2. The third kappa shape index (κ3) is 1.59. The van der Waals surface area contributed by atoms with Crippen LogP contribution in [0.25, 0.3) is 0 Å². The molecule has 1 aromatic rings. The third-order valence-corrected chi connectivity index (χ3v) is 4.95. The zero-order valence-corrected chi connectivity index (χ0v) is 9.44. The van der Waals surface area contributed by atoms with Gasteiger partial charge in [0.25, 0.3) is 0 Å². The third-order valence-electron chi connectivity index (χ3n) is 3.41. The zero-order valence-electron chi connectivity index (χ0n) is 8.62. The number of nitrogens with one attached hydrogen (secondary N) is 1. The minimum absolute atomic E-state index is 0.373. The molecule has 1 aliphatic heterocycles. The van der Waals surface area contributed by atoms with Gasteiger partial charge in [0.05, 0.1) is 0 Å². The summed E-state index contributed by atoms with van der Waals surface area (Å²) in [6.07, 6.45) is 5.31. The number of hydrogen-bond acceptors (Lipinski definition) is 3. The van der Waals surface area contributed by atoms with Crippen molar-refractivity contribution in [3.05, 3.63) is 18.2 Å². The summed E-state index contributed by atoms with van der Waals surface area (Å²) in [5.74, 6) is 0.373. The summed E-state index contributed by atoms with van der Waals surface area (Å²) in [4.78, 5) is 1.21. The van der Waals surface area contributed by atoms with Crippen molar-refractivity contribution in [1.29, 1.82) is 0 Å². The molecule has 0 bridgehead atoms. The van der Waals surface area contributed by atoms with E-state index in [9.17, 15) is 5.11 Å². The Morgan fingerprint density at radius 2 is 2.07 bits per heavy atom. The molecule has 2 nitrogen and oxygen atoms in total. The van der Waals surface area contributed by atoms with Crippen molar-refractivity contribution >= 4 is 17.4 Å². The van der Waals surface area contributed by atoms with Crippen molar-refractivity contribution in [3.8, 4) is 5.75 Å². The number of phenolic OH excluding ortho intramolecular Hbond substituents is 1. The van der Waals surface area contributed by atoms with Crippen LogP contribution in [0, 0.1) is 0 Å². The van der Waals surface area contributed by atoms with Crippen LogP contribution in [0.3, 0.4) is 0 Å². The van der Waals surface area contributed by atoms with Gasteiger partial charge in [-0.15, -0.1) is 11.8 Å². The van der Waals surface area contributed by atoms with E-state index in [1.54, 1.807) is 6.07 Å². The lowest BCUT2D eigenvalue weighted by molar-refractivity contribution is 0.473. The van der Waals surface area contributed by atoms with Crippen LogP contribution in [-0.2, 0) is 0 Å². The molecule has 80 valence electrons. The first kappa shape index (κ1) is 9.40. The van der Waals surface area contributed by atoms with E-state index in [1.165, 1.54) is 36.3 Å². The molecular formula is C12H15NOS. The molecule has 15 heavy (non-hydrogen) atoms. The highest BCUT2D eigenvalue weighted by atomic mass is 32.2. The van der Waals surface area contributed by atoms with Gasteiger partial charge in [0.1, 0.15) is 5.75 Å². The maximum absolute atomic E-state index is 9.48. The molecule has 0 saturated heterocycles. The van der Waals surface area contributed by atoms with Gasteiger partial charge >= 0.3 is 0 Å². The number of hydrogen-bond donors (Lipinski definition) is 2. The summed E-state index contributed by atoms with van der Waals surface area (Å²) in [6.45, 7) is 1.08. The van der Waals surface area contributed by atoms with Crippen LogP contribution in [0.1, 0.15) is 25.7 Å². The molecule has 1 spiro atoms. The Kier molecular flexibility index (Phi) is 2.09. The maximum atomic E-state index is 9.48. The van der Waals surface area contributed by atoms with Gasteiger partial charge in [0, 0.05) is 21.9 Å². The maximum Gasteiger partial charge on any atom is 0.116 e. The van der Waals surface area contributed by atoms with Crippen molar-refractivity contribution in [3.63, 3.8) is 0 Å². The Morgan fingerprint density at radius 3 is 2.87 bits per heavy atom. The van der Waals surface area contributed by atoms with Crippen LogP contribution in [-0.4, -0.2) is 16.4 Å². The lowest BCUT2D eigenvalue weighted by Crippen LogP contribution is -2.33. The Bertz CT molecular complexity index is 385. The summed E-state index contributed by atoms with van der Waals surface area (Å²) < 4.78 is 0.404. The molecule has 0 radical (unpaired) electrons. The highest BCUT2D eigenvalue weighted by Gasteiger charge is 2.37. The number of rotatable bonds is 0. The topological polar surface area (TPSA) is 32.3 Å². The minimum atomic E-state index is 0.373. The van der Waals surface area contributed by atoms with Crippen LogP contribution < -0.4 is 5.32 Å². The molecule has 1 heterocycles. The lowest BCUT2D eigenvalue weighted by atomic mass is 10.1. The fourth-order valence-electron chi connectivity index (χ4n) is 2.57. The van der Waals surface area contributed by atoms with E-state index >= 15 is 0 Å². The normalized spacial score (nSPS) is 22.4. The predicted octanol–water partition coefficient (Wildman–Crippen LogP) is 3.22. The van der Waals surface area contributed by atoms with Gasteiger partial charge in [-0.05, 0) is 31.0 Å². The first-order valence-electron chi connectivity index (χ1n) is 5.53. The molecular weight excluding hydrogens is 206 g/mol. The average molecular weight is 221 g/mol. The Balaban J connectivity index is 1.94.